The van der Waals surface area contributed by atoms with Crippen molar-refractivity contribution in [1.29, 1.82) is 0 Å². The number of hydrogen-bond acceptors (Lipinski definition) is 8. The molecule has 1 aliphatic heterocycles. The molecular formula is C19H17BrF3N4O4S-. The summed E-state index contributed by atoms with van der Waals surface area (Å²) in [4.78, 5) is 4.65. The van der Waals surface area contributed by atoms with Crippen molar-refractivity contribution in [3.05, 3.63) is 69.8 Å². The SMILES string of the molecule is [N-]=N/C(=C\NC1C(O)[C@@H](Sc2cncc(Br)c2)OC(CO)[C@@H]1O)c1cc(F)c(F)c(F)c1. The van der Waals surface area contributed by atoms with Crippen LogP contribution in [0, 0.1) is 17.5 Å². The van der Waals surface area contributed by atoms with Crippen molar-refractivity contribution in [2.24, 2.45) is 5.11 Å². The summed E-state index contributed by atoms with van der Waals surface area (Å²) in [7, 11) is 0. The van der Waals surface area contributed by atoms with E-state index in [9.17, 15) is 34.0 Å². The molecular weight excluding hydrogens is 517 g/mol. The molecule has 32 heavy (non-hydrogen) atoms. The number of nitrogens with zero attached hydrogens (tertiary/aromatic N) is 3. The third-order valence-corrected chi connectivity index (χ3v) is 6.17. The number of halogens is 4. The van der Waals surface area contributed by atoms with Crippen LogP contribution in [0.25, 0.3) is 11.2 Å². The second kappa shape index (κ2) is 10.7. The first-order valence-electron chi connectivity index (χ1n) is 9.11. The second-order valence-electron chi connectivity index (χ2n) is 6.74. The first-order valence-corrected chi connectivity index (χ1v) is 10.8. The summed E-state index contributed by atoms with van der Waals surface area (Å²) in [5, 5.41) is 36.3. The van der Waals surface area contributed by atoms with Gasteiger partial charge in [0.15, 0.2) is 17.5 Å². The summed E-state index contributed by atoms with van der Waals surface area (Å²) >= 11 is 4.38. The lowest BCUT2D eigenvalue weighted by Gasteiger charge is -2.42. The number of aliphatic hydroxyl groups excluding tert-OH is 3. The van der Waals surface area contributed by atoms with Crippen molar-refractivity contribution < 1.29 is 33.2 Å². The maximum absolute atomic E-state index is 13.5. The minimum atomic E-state index is -1.68. The molecule has 0 aliphatic carbocycles. The van der Waals surface area contributed by atoms with Crippen molar-refractivity contribution >= 4 is 33.4 Å². The number of benzene rings is 1. The number of aliphatic hydroxyl groups is 3. The van der Waals surface area contributed by atoms with Gasteiger partial charge in [0.05, 0.1) is 18.3 Å². The predicted octanol–water partition coefficient (Wildman–Crippen LogP) is 2.77. The summed E-state index contributed by atoms with van der Waals surface area (Å²) < 4.78 is 46.5. The van der Waals surface area contributed by atoms with Crippen molar-refractivity contribution in [2.45, 2.75) is 34.7 Å². The molecule has 3 rings (SSSR count). The number of thioether (sulfide) groups is 1. The molecule has 2 aromatic rings. The first kappa shape index (κ1) is 24.6. The van der Waals surface area contributed by atoms with E-state index in [1.54, 1.807) is 12.3 Å². The van der Waals surface area contributed by atoms with E-state index in [-0.39, 0.29) is 5.56 Å². The number of aromatic nitrogens is 1. The molecule has 0 amide bonds. The quantitative estimate of drug-likeness (QED) is 0.318. The van der Waals surface area contributed by atoms with Gasteiger partial charge in [0, 0.05) is 33.5 Å². The van der Waals surface area contributed by atoms with Gasteiger partial charge in [-0.1, -0.05) is 11.8 Å². The van der Waals surface area contributed by atoms with Gasteiger partial charge in [-0.05, 0) is 34.1 Å². The van der Waals surface area contributed by atoms with Crippen LogP contribution in [0.4, 0.5) is 13.2 Å². The van der Waals surface area contributed by atoms with E-state index >= 15 is 0 Å². The standard InChI is InChI=1S/C19H17BrF3N4O4S/c20-9-3-10(5-25-4-9)32-19-18(30)16(17(29)14(7-28)31-19)26-6-13(27-24)8-1-11(21)15(23)12(22)2-8/h1-6,14,16-19,26,28-30H,7H2/q-1/b13-6-/t14?,16?,17-,18?,19+/m0/s1. The Morgan fingerprint density at radius 2 is 1.91 bits per heavy atom. The van der Waals surface area contributed by atoms with Gasteiger partial charge in [0.1, 0.15) is 23.7 Å². The van der Waals surface area contributed by atoms with Crippen LogP contribution in [0.15, 0.2) is 51.3 Å². The van der Waals surface area contributed by atoms with Crippen LogP contribution in [-0.2, 0) is 4.74 Å². The van der Waals surface area contributed by atoms with E-state index in [2.05, 4.69) is 31.3 Å². The highest BCUT2D eigenvalue weighted by Crippen LogP contribution is 2.34. The fourth-order valence-electron chi connectivity index (χ4n) is 3.02. The lowest BCUT2D eigenvalue weighted by Crippen LogP contribution is -2.61. The molecule has 1 fully saturated rings. The molecule has 3 unspecified atom stereocenters. The molecule has 13 heteroatoms. The van der Waals surface area contributed by atoms with Crippen molar-refractivity contribution in [1.82, 2.24) is 10.3 Å². The number of nitrogens with one attached hydrogen (secondary N) is 1. The summed E-state index contributed by atoms with van der Waals surface area (Å²) in [5.41, 5.74) is 7.61. The Balaban J connectivity index is 1.84. The van der Waals surface area contributed by atoms with E-state index in [0.29, 0.717) is 21.5 Å². The van der Waals surface area contributed by atoms with Crippen LogP contribution in [0.2, 0.25) is 0 Å². The topological polar surface area (TPSA) is 130 Å². The normalized spacial score (nSPS) is 26.1. The monoisotopic (exact) mass is 533 g/mol. The van der Waals surface area contributed by atoms with E-state index < -0.39 is 59.5 Å². The summed E-state index contributed by atoms with van der Waals surface area (Å²) in [5.74, 6) is -4.65. The van der Waals surface area contributed by atoms with Gasteiger partial charge in [-0.3, -0.25) is 4.98 Å². The maximum Gasteiger partial charge on any atom is 0.194 e. The molecule has 0 bridgehead atoms. The molecule has 5 atom stereocenters. The van der Waals surface area contributed by atoms with E-state index in [1.807, 2.05) is 0 Å². The van der Waals surface area contributed by atoms with E-state index in [1.165, 1.54) is 6.20 Å². The highest BCUT2D eigenvalue weighted by molar-refractivity contribution is 9.10. The number of pyridine rings is 1. The maximum atomic E-state index is 13.5. The fraction of sp³-hybridized carbons (Fsp3) is 0.316. The van der Waals surface area contributed by atoms with Gasteiger partial charge < -0.3 is 36.0 Å². The van der Waals surface area contributed by atoms with Gasteiger partial charge in [-0.2, -0.15) is 0 Å². The summed E-state index contributed by atoms with van der Waals surface area (Å²) in [6.07, 6.45) is 0.286. The molecule has 0 spiro atoms. The largest absolute Gasteiger partial charge is 0.706 e. The van der Waals surface area contributed by atoms with Crippen LogP contribution in [-0.4, -0.2) is 56.7 Å². The fourth-order valence-corrected chi connectivity index (χ4v) is 4.63. The molecule has 172 valence electrons. The van der Waals surface area contributed by atoms with Gasteiger partial charge in [-0.15, -0.1) is 0 Å². The molecule has 1 aromatic carbocycles. The Kier molecular flexibility index (Phi) is 8.25. The highest BCUT2D eigenvalue weighted by atomic mass is 79.9. The predicted molar refractivity (Wildman–Crippen MR) is 113 cm³/mol. The van der Waals surface area contributed by atoms with Crippen LogP contribution >= 0.6 is 27.7 Å². The third kappa shape index (κ3) is 5.47. The van der Waals surface area contributed by atoms with Crippen LogP contribution in [0.1, 0.15) is 5.56 Å². The van der Waals surface area contributed by atoms with Crippen molar-refractivity contribution in [3.8, 4) is 0 Å². The molecule has 1 aromatic heterocycles. The molecule has 8 nitrogen and oxygen atoms in total. The van der Waals surface area contributed by atoms with Gasteiger partial charge in [0.25, 0.3) is 0 Å². The Hall–Kier alpha value is -2.03. The number of rotatable bonds is 7. The molecule has 1 aliphatic rings. The second-order valence-corrected chi connectivity index (χ2v) is 8.83. The van der Waals surface area contributed by atoms with Crippen LogP contribution in [0.5, 0.6) is 0 Å². The van der Waals surface area contributed by atoms with Gasteiger partial charge in [-0.25, -0.2) is 13.2 Å². The van der Waals surface area contributed by atoms with Gasteiger partial charge >= 0.3 is 0 Å². The lowest BCUT2D eigenvalue weighted by atomic mass is 9.97. The van der Waals surface area contributed by atoms with Crippen LogP contribution in [0.3, 0.4) is 0 Å². The Morgan fingerprint density at radius 3 is 2.50 bits per heavy atom. The average Bonchev–Trinajstić information content (AvgIpc) is 2.76. The molecule has 1 saturated heterocycles. The molecule has 0 radical (unpaired) electrons. The smallest absolute Gasteiger partial charge is 0.194 e. The third-order valence-electron chi connectivity index (χ3n) is 4.62. The number of hydrogen-bond donors (Lipinski definition) is 4. The molecule has 2 heterocycles. The van der Waals surface area contributed by atoms with Crippen molar-refractivity contribution in [2.75, 3.05) is 6.61 Å². The summed E-state index contributed by atoms with van der Waals surface area (Å²) in [6.45, 7) is -0.560. The zero-order valence-corrected chi connectivity index (χ0v) is 18.5. The van der Waals surface area contributed by atoms with E-state index in [4.69, 9.17) is 4.74 Å². The summed E-state index contributed by atoms with van der Waals surface area (Å²) in [6, 6.07) is 1.84. The minimum Gasteiger partial charge on any atom is -0.706 e. The molecule has 4 N–H and O–H groups in total. The Labute approximate surface area is 193 Å². The van der Waals surface area contributed by atoms with E-state index in [0.717, 1.165) is 18.0 Å². The first-order chi connectivity index (χ1) is 15.2. The van der Waals surface area contributed by atoms with Crippen LogP contribution < -0.4 is 5.32 Å². The minimum absolute atomic E-state index is 0.294. The molecule has 0 saturated carbocycles. The Morgan fingerprint density at radius 1 is 1.22 bits per heavy atom. The number of ether oxygens (including phenoxy) is 1. The Bertz CT molecular complexity index is 995. The average molecular weight is 534 g/mol. The van der Waals surface area contributed by atoms with Gasteiger partial charge in [0.2, 0.25) is 0 Å². The zero-order chi connectivity index (χ0) is 23.4. The van der Waals surface area contributed by atoms with Crippen molar-refractivity contribution in [3.63, 3.8) is 0 Å². The zero-order valence-electron chi connectivity index (χ0n) is 16.1. The lowest BCUT2D eigenvalue weighted by molar-refractivity contribution is -0.164. The highest BCUT2D eigenvalue weighted by Gasteiger charge is 2.44.